The molecule has 3 rings (SSSR count). The number of rotatable bonds is 5. The zero-order valence-electron chi connectivity index (χ0n) is 11.9. The van der Waals surface area contributed by atoms with Crippen LogP contribution in [0, 0.1) is 11.6 Å². The summed E-state index contributed by atoms with van der Waals surface area (Å²) in [6.07, 6.45) is 2.58. The molecule has 0 spiro atoms. The van der Waals surface area contributed by atoms with E-state index in [2.05, 4.69) is 10.3 Å². The molecule has 0 saturated carbocycles. The second-order valence-corrected chi connectivity index (χ2v) is 5.87. The lowest BCUT2D eigenvalue weighted by Crippen LogP contribution is -2.29. The van der Waals surface area contributed by atoms with Gasteiger partial charge in [-0.15, -0.1) is 11.3 Å². The summed E-state index contributed by atoms with van der Waals surface area (Å²) in [5.41, 5.74) is 0.823. The summed E-state index contributed by atoms with van der Waals surface area (Å²) in [6, 6.07) is 3.13. The predicted molar refractivity (Wildman–Crippen MR) is 81.1 cm³/mol. The highest BCUT2D eigenvalue weighted by molar-refractivity contribution is 7.15. The van der Waals surface area contributed by atoms with Gasteiger partial charge in [-0.2, -0.15) is 0 Å². The van der Waals surface area contributed by atoms with Crippen molar-refractivity contribution >= 4 is 22.2 Å². The van der Waals surface area contributed by atoms with Gasteiger partial charge in [-0.25, -0.2) is 13.8 Å². The van der Waals surface area contributed by atoms with Crippen LogP contribution in [-0.2, 0) is 11.2 Å². The number of carbonyl (C=O) groups excluding carboxylic acids is 1. The quantitative estimate of drug-likeness (QED) is 0.749. The topological polar surface area (TPSA) is 66.6 Å². The van der Waals surface area contributed by atoms with E-state index in [1.54, 1.807) is 6.20 Å². The average Bonchev–Trinajstić information content (AvgIpc) is 3.08. The third-order valence-corrected chi connectivity index (χ3v) is 4.08. The van der Waals surface area contributed by atoms with Crippen molar-refractivity contribution in [2.45, 2.75) is 12.5 Å². The van der Waals surface area contributed by atoms with Crippen LogP contribution in [0.5, 0.6) is 0 Å². The number of thiazole rings is 1. The van der Waals surface area contributed by atoms with Crippen molar-refractivity contribution in [3.8, 4) is 0 Å². The van der Waals surface area contributed by atoms with Crippen LogP contribution in [0.15, 0.2) is 36.0 Å². The van der Waals surface area contributed by atoms with E-state index >= 15 is 0 Å². The molecule has 5 nitrogen and oxygen atoms in total. The number of carbonyl (C=O) groups is 1. The Morgan fingerprint density at radius 2 is 2.22 bits per heavy atom. The number of benzene rings is 1. The van der Waals surface area contributed by atoms with Gasteiger partial charge in [0.15, 0.2) is 16.6 Å². The molecule has 2 heterocycles. The molecule has 23 heavy (non-hydrogen) atoms. The Labute approximate surface area is 134 Å². The molecule has 0 aliphatic rings. The minimum absolute atomic E-state index is 0.0822. The fraction of sp³-hybridized carbons (Fsp3) is 0.200. The van der Waals surface area contributed by atoms with E-state index in [9.17, 15) is 18.7 Å². The van der Waals surface area contributed by atoms with Gasteiger partial charge < -0.3 is 10.4 Å². The average molecular weight is 337 g/mol. The predicted octanol–water partition coefficient (Wildman–Crippen LogP) is 2.07. The molecule has 1 atom stereocenters. The molecule has 120 valence electrons. The van der Waals surface area contributed by atoms with Crippen molar-refractivity contribution in [1.29, 1.82) is 0 Å². The molecule has 0 aliphatic carbocycles. The summed E-state index contributed by atoms with van der Waals surface area (Å²) < 4.78 is 27.8. The van der Waals surface area contributed by atoms with Gasteiger partial charge in [-0.05, 0) is 17.7 Å². The standard InChI is InChI=1S/C15H13F2N3O2S/c16-11-2-1-9(5-12(11)17)13(21)7-18-14(22)6-10-8-20-3-4-23-15(20)19-10/h1-5,8,13,21H,6-7H2,(H,18,22). The molecule has 2 aromatic heterocycles. The molecule has 0 aliphatic heterocycles. The lowest BCUT2D eigenvalue weighted by Gasteiger charge is -2.12. The van der Waals surface area contributed by atoms with Gasteiger partial charge in [0.1, 0.15) is 0 Å². The fourth-order valence-corrected chi connectivity index (χ4v) is 2.86. The number of nitrogens with zero attached hydrogens (tertiary/aromatic N) is 2. The third kappa shape index (κ3) is 3.54. The normalized spacial score (nSPS) is 12.5. The number of nitrogens with one attached hydrogen (secondary N) is 1. The van der Waals surface area contributed by atoms with Gasteiger partial charge in [0.2, 0.25) is 5.91 Å². The number of halogens is 2. The molecule has 0 fully saturated rings. The molecular formula is C15H13F2N3O2S. The Kier molecular flexibility index (Phi) is 4.35. The number of hydrogen-bond acceptors (Lipinski definition) is 4. The molecular weight excluding hydrogens is 324 g/mol. The molecule has 1 amide bonds. The smallest absolute Gasteiger partial charge is 0.226 e. The largest absolute Gasteiger partial charge is 0.387 e. The molecule has 0 saturated heterocycles. The summed E-state index contributed by atoms with van der Waals surface area (Å²) in [5, 5.41) is 14.4. The molecule has 1 aromatic carbocycles. The van der Waals surface area contributed by atoms with Gasteiger partial charge in [0.05, 0.1) is 18.2 Å². The van der Waals surface area contributed by atoms with Crippen molar-refractivity contribution in [2.24, 2.45) is 0 Å². The lowest BCUT2D eigenvalue weighted by molar-refractivity contribution is -0.120. The Morgan fingerprint density at radius 3 is 2.96 bits per heavy atom. The van der Waals surface area contributed by atoms with Crippen molar-refractivity contribution in [3.63, 3.8) is 0 Å². The van der Waals surface area contributed by atoms with Crippen LogP contribution in [0.2, 0.25) is 0 Å². The van der Waals surface area contributed by atoms with E-state index in [0.717, 1.165) is 17.1 Å². The highest BCUT2D eigenvalue weighted by Crippen LogP contribution is 2.16. The molecule has 2 N–H and O–H groups in total. The maximum atomic E-state index is 13.1. The number of aliphatic hydroxyl groups excluding tert-OH is 1. The number of aromatic nitrogens is 2. The summed E-state index contributed by atoms with van der Waals surface area (Å²) in [6.45, 7) is -0.0911. The summed E-state index contributed by atoms with van der Waals surface area (Å²) in [4.78, 5) is 17.0. The number of fused-ring (bicyclic) bond motifs is 1. The summed E-state index contributed by atoms with van der Waals surface area (Å²) in [5.74, 6) is -2.33. The first-order valence-corrected chi connectivity index (χ1v) is 7.71. The van der Waals surface area contributed by atoms with E-state index in [4.69, 9.17) is 0 Å². The van der Waals surface area contributed by atoms with Gasteiger partial charge in [0.25, 0.3) is 0 Å². The maximum Gasteiger partial charge on any atom is 0.226 e. The van der Waals surface area contributed by atoms with Crippen molar-refractivity contribution < 1.29 is 18.7 Å². The van der Waals surface area contributed by atoms with E-state index < -0.39 is 17.7 Å². The van der Waals surface area contributed by atoms with Gasteiger partial charge >= 0.3 is 0 Å². The first kappa shape index (κ1) is 15.6. The van der Waals surface area contributed by atoms with Crippen LogP contribution in [0.25, 0.3) is 4.96 Å². The number of aliphatic hydroxyl groups is 1. The zero-order chi connectivity index (χ0) is 16.4. The van der Waals surface area contributed by atoms with Gasteiger partial charge in [-0.1, -0.05) is 6.07 Å². The highest BCUT2D eigenvalue weighted by Gasteiger charge is 2.13. The first-order chi connectivity index (χ1) is 11.0. The van der Waals surface area contributed by atoms with E-state index in [1.807, 2.05) is 16.0 Å². The maximum absolute atomic E-state index is 13.1. The number of amides is 1. The third-order valence-electron chi connectivity index (χ3n) is 3.31. The van der Waals surface area contributed by atoms with Crippen LogP contribution in [0.4, 0.5) is 8.78 Å². The minimum atomic E-state index is -1.11. The molecule has 0 bridgehead atoms. The van der Waals surface area contributed by atoms with Gasteiger partial charge in [-0.3, -0.25) is 9.20 Å². The van der Waals surface area contributed by atoms with Crippen LogP contribution < -0.4 is 5.32 Å². The Hall–Kier alpha value is -2.32. The molecule has 0 radical (unpaired) electrons. The van der Waals surface area contributed by atoms with Crippen molar-refractivity contribution in [1.82, 2.24) is 14.7 Å². The first-order valence-electron chi connectivity index (χ1n) is 6.83. The number of imidazole rings is 1. The van der Waals surface area contributed by atoms with E-state index in [0.29, 0.717) is 5.69 Å². The molecule has 3 aromatic rings. The second kappa shape index (κ2) is 6.43. The minimum Gasteiger partial charge on any atom is -0.387 e. The lowest BCUT2D eigenvalue weighted by atomic mass is 10.1. The highest BCUT2D eigenvalue weighted by atomic mass is 32.1. The summed E-state index contributed by atoms with van der Waals surface area (Å²) >= 11 is 1.47. The number of hydrogen-bond donors (Lipinski definition) is 2. The zero-order valence-corrected chi connectivity index (χ0v) is 12.7. The molecule has 8 heteroatoms. The second-order valence-electron chi connectivity index (χ2n) is 5.00. The van der Waals surface area contributed by atoms with Crippen LogP contribution in [0.1, 0.15) is 17.4 Å². The SMILES string of the molecule is O=C(Cc1cn2ccsc2n1)NCC(O)c1ccc(F)c(F)c1. The fourth-order valence-electron chi connectivity index (χ4n) is 2.14. The van der Waals surface area contributed by atoms with E-state index in [-0.39, 0.29) is 24.4 Å². The van der Waals surface area contributed by atoms with Gasteiger partial charge in [0, 0.05) is 24.3 Å². The Balaban J connectivity index is 1.55. The Bertz CT molecular complexity index is 818. The summed E-state index contributed by atoms with van der Waals surface area (Å²) in [7, 11) is 0. The Morgan fingerprint density at radius 1 is 1.39 bits per heavy atom. The van der Waals surface area contributed by atoms with E-state index in [1.165, 1.54) is 17.4 Å². The van der Waals surface area contributed by atoms with Crippen LogP contribution in [-0.4, -0.2) is 26.9 Å². The molecule has 1 unspecified atom stereocenters. The van der Waals surface area contributed by atoms with Crippen LogP contribution >= 0.6 is 11.3 Å². The monoisotopic (exact) mass is 337 g/mol. The van der Waals surface area contributed by atoms with Crippen LogP contribution in [0.3, 0.4) is 0 Å². The van der Waals surface area contributed by atoms with Crippen molar-refractivity contribution in [2.75, 3.05) is 6.54 Å². The van der Waals surface area contributed by atoms with Crippen molar-refractivity contribution in [3.05, 3.63) is 58.9 Å².